The van der Waals surface area contributed by atoms with E-state index in [9.17, 15) is 9.59 Å². The lowest BCUT2D eigenvalue weighted by molar-refractivity contribution is 0.0408. The summed E-state index contributed by atoms with van der Waals surface area (Å²) in [6.07, 6.45) is 2.31. The molecule has 30 heavy (non-hydrogen) atoms. The van der Waals surface area contributed by atoms with E-state index >= 15 is 0 Å². The average molecular weight is 424 g/mol. The third-order valence-electron chi connectivity index (χ3n) is 5.56. The minimum atomic E-state index is -0.531. The van der Waals surface area contributed by atoms with E-state index in [0.717, 1.165) is 12.0 Å². The fraction of sp³-hybridized carbons (Fsp3) is 0.227. The summed E-state index contributed by atoms with van der Waals surface area (Å²) in [5, 5.41) is 0.381. The molecule has 0 spiro atoms. The highest BCUT2D eigenvalue weighted by Crippen LogP contribution is 2.42. The number of fused-ring (bicyclic) bond motifs is 5. The number of hydrogen-bond donors (Lipinski definition) is 0. The van der Waals surface area contributed by atoms with Crippen molar-refractivity contribution < 1.29 is 19.1 Å². The number of benzene rings is 2. The normalized spacial score (nSPS) is 16.7. The number of amides is 1. The molecule has 1 saturated heterocycles. The van der Waals surface area contributed by atoms with E-state index in [2.05, 4.69) is 4.98 Å². The van der Waals surface area contributed by atoms with Gasteiger partial charge >= 0.3 is 5.97 Å². The Kier molecular flexibility index (Phi) is 4.47. The van der Waals surface area contributed by atoms with Gasteiger partial charge in [-0.3, -0.25) is 9.36 Å². The summed E-state index contributed by atoms with van der Waals surface area (Å²) < 4.78 is 12.5. The number of ether oxygens (including phenoxy) is 2. The third kappa shape index (κ3) is 2.85. The van der Waals surface area contributed by atoms with E-state index in [1.165, 1.54) is 0 Å². The van der Waals surface area contributed by atoms with Gasteiger partial charge in [-0.25, -0.2) is 9.78 Å². The van der Waals surface area contributed by atoms with Crippen LogP contribution in [0.25, 0.3) is 5.69 Å². The monoisotopic (exact) mass is 423 g/mol. The summed E-state index contributed by atoms with van der Waals surface area (Å²) in [6.45, 7) is 0.704. The summed E-state index contributed by atoms with van der Waals surface area (Å²) in [6, 6.07) is 12.4. The summed E-state index contributed by atoms with van der Waals surface area (Å²) in [7, 11) is 1.58. The number of nitrogens with zero attached hydrogens (tertiary/aromatic N) is 3. The largest absolute Gasteiger partial charge is 0.497 e. The first-order valence-electron chi connectivity index (χ1n) is 9.55. The molecule has 0 aliphatic carbocycles. The Hall–Kier alpha value is -3.32. The number of hydrogen-bond acceptors (Lipinski definition) is 5. The molecule has 0 radical (unpaired) electrons. The van der Waals surface area contributed by atoms with Crippen LogP contribution in [0, 0.1) is 0 Å². The standard InChI is InChI=1S/C22H18ClN3O4/c1-29-14-5-2-4-13(10-14)11-30-22(28)19-20-17-8-9-25(17)21(27)18-15(23)6-3-7-16(18)26(20)12-24-19/h2-7,10,12,17H,8-9,11H2,1H3/t17-/m0/s1. The molecule has 0 saturated carbocycles. The van der Waals surface area contributed by atoms with Crippen molar-refractivity contribution in [3.63, 3.8) is 0 Å². The van der Waals surface area contributed by atoms with Crippen LogP contribution >= 0.6 is 11.6 Å². The Balaban J connectivity index is 1.49. The van der Waals surface area contributed by atoms with Gasteiger partial charge < -0.3 is 14.4 Å². The predicted molar refractivity (Wildman–Crippen MR) is 109 cm³/mol. The number of aromatic nitrogens is 2. The second kappa shape index (κ2) is 7.18. The SMILES string of the molecule is COc1cccc(COC(=O)c2ncn3c2[C@@H]2CCN2C(=O)c2c(Cl)cccc2-3)c1. The van der Waals surface area contributed by atoms with Crippen molar-refractivity contribution in [2.24, 2.45) is 0 Å². The zero-order chi connectivity index (χ0) is 20.8. The van der Waals surface area contributed by atoms with Crippen LogP contribution < -0.4 is 4.74 Å². The Morgan fingerprint density at radius 1 is 1.27 bits per heavy atom. The molecule has 0 unspecified atom stereocenters. The molecule has 7 nitrogen and oxygen atoms in total. The maximum Gasteiger partial charge on any atom is 0.359 e. The summed E-state index contributed by atoms with van der Waals surface area (Å²) in [5.74, 6) is 0.0270. The van der Waals surface area contributed by atoms with Crippen molar-refractivity contribution in [1.29, 1.82) is 0 Å². The van der Waals surface area contributed by atoms with Gasteiger partial charge in [0.2, 0.25) is 0 Å². The molecule has 1 atom stereocenters. The van der Waals surface area contributed by atoms with Crippen molar-refractivity contribution in [2.75, 3.05) is 13.7 Å². The quantitative estimate of drug-likeness (QED) is 0.597. The number of carbonyl (C=O) groups excluding carboxylic acids is 2. The molecule has 1 fully saturated rings. The highest BCUT2D eigenvalue weighted by atomic mass is 35.5. The first-order valence-corrected chi connectivity index (χ1v) is 9.93. The molecule has 0 bridgehead atoms. The lowest BCUT2D eigenvalue weighted by atomic mass is 9.97. The van der Waals surface area contributed by atoms with Gasteiger partial charge in [0.05, 0.1) is 35.1 Å². The second-order valence-corrected chi connectivity index (χ2v) is 7.62. The summed E-state index contributed by atoms with van der Waals surface area (Å²) in [4.78, 5) is 32.0. The molecule has 5 rings (SSSR count). The van der Waals surface area contributed by atoms with Gasteiger partial charge in [-0.1, -0.05) is 29.8 Å². The molecule has 8 heteroatoms. The number of methoxy groups -OCH3 is 1. The van der Waals surface area contributed by atoms with Crippen LogP contribution in [-0.2, 0) is 11.3 Å². The van der Waals surface area contributed by atoms with E-state index in [1.54, 1.807) is 35.0 Å². The fourth-order valence-corrected chi connectivity index (χ4v) is 4.24. The maximum absolute atomic E-state index is 13.0. The first kappa shape index (κ1) is 18.7. The summed E-state index contributed by atoms with van der Waals surface area (Å²) in [5.41, 5.74) is 2.73. The predicted octanol–water partition coefficient (Wildman–Crippen LogP) is 3.79. The molecular weight excluding hydrogens is 406 g/mol. The van der Waals surface area contributed by atoms with Crippen molar-refractivity contribution in [2.45, 2.75) is 19.1 Å². The van der Waals surface area contributed by atoms with E-state index < -0.39 is 5.97 Å². The molecule has 2 aliphatic rings. The van der Waals surface area contributed by atoms with Gasteiger partial charge in [0.1, 0.15) is 18.7 Å². The van der Waals surface area contributed by atoms with E-state index in [4.69, 9.17) is 21.1 Å². The molecule has 2 aromatic carbocycles. The number of carbonyl (C=O) groups is 2. The number of imidazole rings is 1. The van der Waals surface area contributed by atoms with E-state index in [0.29, 0.717) is 34.3 Å². The number of rotatable bonds is 4. The van der Waals surface area contributed by atoms with Gasteiger partial charge in [-0.05, 0) is 36.2 Å². The van der Waals surface area contributed by atoms with Crippen LogP contribution in [0.1, 0.15) is 44.6 Å². The minimum Gasteiger partial charge on any atom is -0.497 e. The lowest BCUT2D eigenvalue weighted by Crippen LogP contribution is -2.45. The average Bonchev–Trinajstić information content (AvgIpc) is 3.12. The molecule has 1 amide bonds. The van der Waals surface area contributed by atoms with E-state index in [1.807, 2.05) is 30.3 Å². The van der Waals surface area contributed by atoms with Gasteiger partial charge in [0, 0.05) is 6.54 Å². The van der Waals surface area contributed by atoms with Gasteiger partial charge in [-0.2, -0.15) is 0 Å². The van der Waals surface area contributed by atoms with Gasteiger partial charge in [0.15, 0.2) is 5.69 Å². The molecular formula is C22H18ClN3O4. The van der Waals surface area contributed by atoms with Crippen LogP contribution in [0.2, 0.25) is 5.02 Å². The summed E-state index contributed by atoms with van der Waals surface area (Å²) >= 11 is 6.34. The zero-order valence-corrected chi connectivity index (χ0v) is 16.9. The van der Waals surface area contributed by atoms with Crippen molar-refractivity contribution in [3.05, 3.63) is 76.3 Å². The Morgan fingerprint density at radius 3 is 2.87 bits per heavy atom. The maximum atomic E-state index is 13.0. The lowest BCUT2D eigenvalue weighted by Gasteiger charge is -2.39. The van der Waals surface area contributed by atoms with Crippen molar-refractivity contribution >= 4 is 23.5 Å². The number of esters is 1. The molecule has 3 aromatic rings. The van der Waals surface area contributed by atoms with E-state index in [-0.39, 0.29) is 24.2 Å². The molecule has 152 valence electrons. The third-order valence-corrected chi connectivity index (χ3v) is 5.88. The van der Waals surface area contributed by atoms with Crippen LogP contribution in [0.15, 0.2) is 48.8 Å². The van der Waals surface area contributed by atoms with Crippen molar-refractivity contribution in [3.8, 4) is 11.4 Å². The molecule has 1 aromatic heterocycles. The van der Waals surface area contributed by atoms with Gasteiger partial charge in [0.25, 0.3) is 5.91 Å². The van der Waals surface area contributed by atoms with Crippen LogP contribution in [0.3, 0.4) is 0 Å². The van der Waals surface area contributed by atoms with Crippen LogP contribution in [-0.4, -0.2) is 40.0 Å². The van der Waals surface area contributed by atoms with Crippen LogP contribution in [0.4, 0.5) is 0 Å². The molecule has 3 heterocycles. The van der Waals surface area contributed by atoms with Crippen molar-refractivity contribution in [1.82, 2.24) is 14.5 Å². The zero-order valence-electron chi connectivity index (χ0n) is 16.2. The van der Waals surface area contributed by atoms with Crippen LogP contribution in [0.5, 0.6) is 5.75 Å². The highest BCUT2D eigenvalue weighted by molar-refractivity contribution is 6.34. The topological polar surface area (TPSA) is 73.7 Å². The molecule has 0 N–H and O–H groups in total. The Morgan fingerprint density at radius 2 is 2.10 bits per heavy atom. The minimum absolute atomic E-state index is 0.0953. The smallest absolute Gasteiger partial charge is 0.359 e. The first-order chi connectivity index (χ1) is 14.6. The fourth-order valence-electron chi connectivity index (χ4n) is 3.99. The molecule has 2 aliphatic heterocycles. The van der Waals surface area contributed by atoms with Gasteiger partial charge in [-0.15, -0.1) is 0 Å². The second-order valence-electron chi connectivity index (χ2n) is 7.21. The highest BCUT2D eigenvalue weighted by Gasteiger charge is 2.43. The number of halogens is 1. The Bertz CT molecular complexity index is 1170. The Labute approximate surface area is 177 Å².